The number of carbonyl (C=O) groups is 2. The Kier molecular flexibility index (Phi) is 6.83. The van der Waals surface area contributed by atoms with E-state index in [-0.39, 0.29) is 46.9 Å². The number of piperidine rings is 1. The minimum atomic E-state index is -0.713. The summed E-state index contributed by atoms with van der Waals surface area (Å²) in [5, 5.41) is 4.86. The lowest BCUT2D eigenvalue weighted by atomic mass is 10.0. The van der Waals surface area contributed by atoms with Gasteiger partial charge in [0.1, 0.15) is 11.5 Å². The van der Waals surface area contributed by atoms with E-state index in [4.69, 9.17) is 10.1 Å². The monoisotopic (exact) mass is 595 g/mol. The van der Waals surface area contributed by atoms with Gasteiger partial charge in [-0.2, -0.15) is 9.49 Å². The molecule has 1 saturated heterocycles. The van der Waals surface area contributed by atoms with Crippen LogP contribution in [0.25, 0.3) is 28.3 Å². The first-order chi connectivity index (χ1) is 21.2. The lowest BCUT2D eigenvalue weighted by Gasteiger charge is -2.33. The normalized spacial score (nSPS) is 18.1. The molecule has 2 aliphatic rings. The number of likely N-dealkylation sites (tertiary alicyclic amines) is 1. The number of nitrogens with zero attached hydrogens (tertiary/aromatic N) is 7. The van der Waals surface area contributed by atoms with Gasteiger partial charge in [0, 0.05) is 48.4 Å². The number of Topliss-reactive ketones (excluding diaryl/α,β-unsaturated/α-hetero) is 1. The highest BCUT2D eigenvalue weighted by Gasteiger charge is 2.52. The van der Waals surface area contributed by atoms with E-state index < -0.39 is 5.95 Å². The third-order valence-corrected chi connectivity index (χ3v) is 8.90. The molecule has 1 aromatic carbocycles. The highest BCUT2D eigenvalue weighted by molar-refractivity contribution is 5.97. The van der Waals surface area contributed by atoms with Gasteiger partial charge in [-0.3, -0.25) is 9.59 Å². The van der Waals surface area contributed by atoms with Crippen molar-refractivity contribution < 1.29 is 18.4 Å². The SMILES string of the molecule is CC1(C)CC1C(=O)N1CCC(n2cnc(-c3ccc(F)cc3)c2-c2ccc3nc(CC(=O)c4ccnc(F)c4)cn3n2)CC1. The Labute approximate surface area is 252 Å². The molecular formula is C33H31F2N7O2. The summed E-state index contributed by atoms with van der Waals surface area (Å²) in [6, 6.07) is 12.6. The number of pyridine rings is 1. The van der Waals surface area contributed by atoms with Crippen LogP contribution in [-0.4, -0.2) is 58.8 Å². The van der Waals surface area contributed by atoms with Gasteiger partial charge in [0.05, 0.1) is 36.0 Å². The number of ketones is 1. The lowest BCUT2D eigenvalue weighted by Crippen LogP contribution is -2.40. The van der Waals surface area contributed by atoms with Gasteiger partial charge in [0.15, 0.2) is 11.4 Å². The van der Waals surface area contributed by atoms with Crippen LogP contribution in [0.2, 0.25) is 0 Å². The molecule has 224 valence electrons. The Morgan fingerprint density at radius 2 is 1.75 bits per heavy atom. The van der Waals surface area contributed by atoms with Crippen LogP contribution in [0.4, 0.5) is 8.78 Å². The highest BCUT2D eigenvalue weighted by atomic mass is 19.1. The van der Waals surface area contributed by atoms with E-state index in [2.05, 4.69) is 28.4 Å². The Hall–Kier alpha value is -4.80. The maximum Gasteiger partial charge on any atom is 0.226 e. The Bertz CT molecular complexity index is 1890. The van der Waals surface area contributed by atoms with Crippen molar-refractivity contribution in [3.63, 3.8) is 0 Å². The van der Waals surface area contributed by atoms with Crippen molar-refractivity contribution in [3.8, 4) is 22.6 Å². The largest absolute Gasteiger partial charge is 0.342 e. The maximum absolute atomic E-state index is 13.8. The summed E-state index contributed by atoms with van der Waals surface area (Å²) < 4.78 is 31.1. The topological polar surface area (TPSA) is 98.3 Å². The molecule has 5 aromatic rings. The van der Waals surface area contributed by atoms with Gasteiger partial charge in [0.25, 0.3) is 0 Å². The number of benzene rings is 1. The van der Waals surface area contributed by atoms with Crippen molar-refractivity contribution in [3.05, 3.63) is 90.3 Å². The molecule has 0 N–H and O–H groups in total. The molecule has 4 aromatic heterocycles. The number of amides is 1. The van der Waals surface area contributed by atoms with E-state index in [1.807, 2.05) is 17.0 Å². The average Bonchev–Trinajstić information content (AvgIpc) is 3.32. The zero-order valence-corrected chi connectivity index (χ0v) is 24.5. The van der Waals surface area contributed by atoms with Crippen molar-refractivity contribution in [1.82, 2.24) is 34.0 Å². The lowest BCUT2D eigenvalue weighted by molar-refractivity contribution is -0.134. The van der Waals surface area contributed by atoms with Crippen LogP contribution in [0.1, 0.15) is 55.2 Å². The fourth-order valence-electron chi connectivity index (χ4n) is 6.17. The van der Waals surface area contributed by atoms with Crippen LogP contribution in [0, 0.1) is 23.1 Å². The number of halogens is 2. The van der Waals surface area contributed by atoms with Crippen molar-refractivity contribution >= 4 is 17.3 Å². The van der Waals surface area contributed by atoms with E-state index in [9.17, 15) is 18.4 Å². The van der Waals surface area contributed by atoms with Crippen molar-refractivity contribution in [2.24, 2.45) is 11.3 Å². The number of hydrogen-bond donors (Lipinski definition) is 0. The van der Waals surface area contributed by atoms with Crippen LogP contribution >= 0.6 is 0 Å². The van der Waals surface area contributed by atoms with E-state index in [0.717, 1.165) is 36.6 Å². The quantitative estimate of drug-likeness (QED) is 0.180. The second-order valence-corrected chi connectivity index (χ2v) is 12.4. The number of fused-ring (bicyclic) bond motifs is 1. The van der Waals surface area contributed by atoms with E-state index >= 15 is 0 Å². The molecule has 9 nitrogen and oxygen atoms in total. The average molecular weight is 596 g/mol. The molecule has 0 bridgehead atoms. The van der Waals surface area contributed by atoms with Crippen molar-refractivity contribution in [1.29, 1.82) is 0 Å². The predicted molar refractivity (Wildman–Crippen MR) is 159 cm³/mol. The molecule has 1 aliphatic carbocycles. The van der Waals surface area contributed by atoms with Crippen LogP contribution in [0.3, 0.4) is 0 Å². The minimum absolute atomic E-state index is 0.0176. The molecule has 1 unspecified atom stereocenters. The molecule has 0 radical (unpaired) electrons. The van der Waals surface area contributed by atoms with Crippen LogP contribution in [0.5, 0.6) is 0 Å². The standard InChI is InChI=1S/C33H31F2N7O2/c1-33(2)17-25(33)32(44)40-13-10-24(11-14-40)41-19-37-30(20-3-5-22(34)6-4-20)31(41)26-7-8-29-38-23(18-42(29)39-26)16-27(43)21-9-12-36-28(35)15-21/h3-9,12,15,18-19,24-25H,10-11,13-14,16-17H2,1-2H3. The van der Waals surface area contributed by atoms with Crippen molar-refractivity contribution in [2.75, 3.05) is 13.1 Å². The molecule has 1 saturated carbocycles. The first-order valence-corrected chi connectivity index (χ1v) is 14.8. The zero-order chi connectivity index (χ0) is 30.6. The minimum Gasteiger partial charge on any atom is -0.342 e. The zero-order valence-electron chi connectivity index (χ0n) is 24.5. The third kappa shape index (κ3) is 5.27. The molecule has 5 heterocycles. The number of imidazole rings is 2. The molecule has 1 atom stereocenters. The maximum atomic E-state index is 13.8. The molecule has 1 amide bonds. The smallest absolute Gasteiger partial charge is 0.226 e. The Morgan fingerprint density at radius 1 is 1.00 bits per heavy atom. The molecule has 7 rings (SSSR count). The number of rotatable bonds is 7. The van der Waals surface area contributed by atoms with Crippen LogP contribution < -0.4 is 0 Å². The molecule has 1 aliphatic heterocycles. The molecule has 2 fully saturated rings. The Balaban J connectivity index is 1.19. The van der Waals surface area contributed by atoms with Crippen LogP contribution in [-0.2, 0) is 11.2 Å². The summed E-state index contributed by atoms with van der Waals surface area (Å²) in [7, 11) is 0. The first-order valence-electron chi connectivity index (χ1n) is 14.8. The van der Waals surface area contributed by atoms with Crippen LogP contribution in [0.15, 0.2) is 67.3 Å². The summed E-state index contributed by atoms with van der Waals surface area (Å²) in [5.41, 5.74) is 4.23. The Morgan fingerprint density at radius 3 is 2.45 bits per heavy atom. The summed E-state index contributed by atoms with van der Waals surface area (Å²) in [4.78, 5) is 40.6. The third-order valence-electron chi connectivity index (χ3n) is 8.90. The fourth-order valence-corrected chi connectivity index (χ4v) is 6.17. The molecule has 44 heavy (non-hydrogen) atoms. The predicted octanol–water partition coefficient (Wildman–Crippen LogP) is 5.57. The van der Waals surface area contributed by atoms with Gasteiger partial charge >= 0.3 is 0 Å². The molecule has 11 heteroatoms. The summed E-state index contributed by atoms with van der Waals surface area (Å²) in [6.07, 6.45) is 7.24. The van der Waals surface area contributed by atoms with Gasteiger partial charge in [-0.15, -0.1) is 0 Å². The van der Waals surface area contributed by atoms with E-state index in [0.29, 0.717) is 35.8 Å². The first kappa shape index (κ1) is 28.0. The van der Waals surface area contributed by atoms with Gasteiger partial charge < -0.3 is 9.47 Å². The number of aromatic nitrogens is 6. The summed E-state index contributed by atoms with van der Waals surface area (Å²) in [6.45, 7) is 5.63. The second kappa shape index (κ2) is 10.7. The van der Waals surface area contributed by atoms with E-state index in [1.165, 1.54) is 24.4 Å². The molecule has 0 spiro atoms. The summed E-state index contributed by atoms with van der Waals surface area (Å²) in [5.74, 6) is -0.955. The number of hydrogen-bond acceptors (Lipinski definition) is 6. The van der Waals surface area contributed by atoms with E-state index in [1.54, 1.807) is 29.2 Å². The van der Waals surface area contributed by atoms with Gasteiger partial charge in [-0.25, -0.2) is 23.9 Å². The summed E-state index contributed by atoms with van der Waals surface area (Å²) >= 11 is 0. The molecular weight excluding hydrogens is 564 g/mol. The fraction of sp³-hybridized carbons (Fsp3) is 0.333. The van der Waals surface area contributed by atoms with Gasteiger partial charge in [-0.05, 0) is 67.1 Å². The highest BCUT2D eigenvalue weighted by Crippen LogP contribution is 2.52. The van der Waals surface area contributed by atoms with Gasteiger partial charge in [0.2, 0.25) is 11.9 Å². The number of carbonyl (C=O) groups excluding carboxylic acids is 2. The van der Waals surface area contributed by atoms with Gasteiger partial charge in [-0.1, -0.05) is 13.8 Å². The second-order valence-electron chi connectivity index (χ2n) is 12.4. The van der Waals surface area contributed by atoms with Crippen molar-refractivity contribution in [2.45, 2.75) is 45.6 Å².